The van der Waals surface area contributed by atoms with Crippen LogP contribution in [0.25, 0.3) is 0 Å². The molecule has 0 saturated carbocycles. The smallest absolute Gasteiger partial charge is 0.231 e. The Hall–Kier alpha value is -1.30. The monoisotopic (exact) mass is 264 g/mol. The number of ether oxygens (including phenoxy) is 2. The molecule has 5 heteroatoms. The van der Waals surface area contributed by atoms with Gasteiger partial charge in [-0.05, 0) is 24.1 Å². The third kappa shape index (κ3) is 2.68. The molecule has 2 aliphatic rings. The number of piperazine rings is 1. The number of benzene rings is 1. The Morgan fingerprint density at radius 2 is 2.00 bits per heavy atom. The van der Waals surface area contributed by atoms with E-state index in [9.17, 15) is 5.11 Å². The summed E-state index contributed by atoms with van der Waals surface area (Å²) < 4.78 is 10.8. The van der Waals surface area contributed by atoms with Gasteiger partial charge in [-0.3, -0.25) is 4.90 Å². The molecule has 1 aromatic carbocycles. The minimum Gasteiger partial charge on any atom is -0.454 e. The molecule has 1 atom stereocenters. The van der Waals surface area contributed by atoms with E-state index >= 15 is 0 Å². The molecule has 2 N–H and O–H groups in total. The molecule has 0 aromatic heterocycles. The predicted molar refractivity (Wildman–Crippen MR) is 71.5 cm³/mol. The van der Waals surface area contributed by atoms with E-state index in [1.807, 2.05) is 12.1 Å². The van der Waals surface area contributed by atoms with Gasteiger partial charge in [-0.15, -0.1) is 0 Å². The van der Waals surface area contributed by atoms with Crippen LogP contribution in [0.5, 0.6) is 11.5 Å². The summed E-state index contributed by atoms with van der Waals surface area (Å²) in [6, 6.07) is 6.34. The fraction of sp³-hybridized carbons (Fsp3) is 0.571. The summed E-state index contributed by atoms with van der Waals surface area (Å²) in [5, 5.41) is 12.7. The van der Waals surface area contributed by atoms with Crippen molar-refractivity contribution in [2.75, 3.05) is 39.6 Å². The normalized spacial score (nSPS) is 20.5. The molecule has 1 aromatic rings. The summed E-state index contributed by atoms with van der Waals surface area (Å²) >= 11 is 0. The molecule has 0 radical (unpaired) electrons. The van der Waals surface area contributed by atoms with Crippen molar-refractivity contribution in [1.82, 2.24) is 10.2 Å². The number of nitrogens with one attached hydrogen (secondary N) is 1. The molecule has 5 nitrogen and oxygen atoms in total. The van der Waals surface area contributed by atoms with Gasteiger partial charge >= 0.3 is 0 Å². The highest BCUT2D eigenvalue weighted by Crippen LogP contribution is 2.36. The maximum atomic E-state index is 9.32. The first kappa shape index (κ1) is 12.7. The Bertz CT molecular complexity index is 433. The number of aliphatic hydroxyl groups is 1. The number of rotatable bonds is 4. The van der Waals surface area contributed by atoms with Crippen molar-refractivity contribution in [3.8, 4) is 11.5 Å². The largest absolute Gasteiger partial charge is 0.454 e. The third-order valence-electron chi connectivity index (χ3n) is 3.78. The summed E-state index contributed by atoms with van der Waals surface area (Å²) in [5.74, 6) is 1.63. The van der Waals surface area contributed by atoms with Crippen LogP contribution in [0.2, 0.25) is 0 Å². The first-order valence-electron chi connectivity index (χ1n) is 6.83. The van der Waals surface area contributed by atoms with Crippen LogP contribution in [0.1, 0.15) is 18.0 Å². The van der Waals surface area contributed by atoms with Gasteiger partial charge in [0.05, 0.1) is 0 Å². The van der Waals surface area contributed by atoms with E-state index in [4.69, 9.17) is 9.47 Å². The number of nitrogens with zero attached hydrogens (tertiary/aromatic N) is 1. The van der Waals surface area contributed by atoms with Crippen molar-refractivity contribution in [1.29, 1.82) is 0 Å². The maximum Gasteiger partial charge on any atom is 0.231 e. The van der Waals surface area contributed by atoms with Crippen molar-refractivity contribution in [3.63, 3.8) is 0 Å². The van der Waals surface area contributed by atoms with Gasteiger partial charge in [0.15, 0.2) is 11.5 Å². The second kappa shape index (κ2) is 5.77. The van der Waals surface area contributed by atoms with Crippen molar-refractivity contribution in [2.45, 2.75) is 12.5 Å². The molecule has 104 valence electrons. The fourth-order valence-corrected chi connectivity index (χ4v) is 2.80. The zero-order valence-electron chi connectivity index (χ0n) is 11.0. The quantitative estimate of drug-likeness (QED) is 0.840. The SMILES string of the molecule is OCC[C@@H](c1ccc2c(c1)OCO2)N1CCNCC1. The molecular weight excluding hydrogens is 244 g/mol. The molecule has 1 saturated heterocycles. The second-order valence-electron chi connectivity index (χ2n) is 4.93. The first-order valence-corrected chi connectivity index (χ1v) is 6.83. The summed E-state index contributed by atoms with van der Waals surface area (Å²) in [4.78, 5) is 2.42. The molecule has 0 unspecified atom stereocenters. The van der Waals surface area contributed by atoms with Crippen LogP contribution in [0.3, 0.4) is 0 Å². The van der Waals surface area contributed by atoms with Crippen molar-refractivity contribution < 1.29 is 14.6 Å². The lowest BCUT2D eigenvalue weighted by atomic mass is 10.0. The molecule has 0 amide bonds. The van der Waals surface area contributed by atoms with E-state index < -0.39 is 0 Å². The lowest BCUT2D eigenvalue weighted by Gasteiger charge is -2.35. The molecule has 19 heavy (non-hydrogen) atoms. The van der Waals surface area contributed by atoms with Gasteiger partial charge < -0.3 is 19.9 Å². The van der Waals surface area contributed by atoms with Crippen LogP contribution in [-0.2, 0) is 0 Å². The van der Waals surface area contributed by atoms with Gasteiger partial charge in [-0.25, -0.2) is 0 Å². The highest BCUT2D eigenvalue weighted by atomic mass is 16.7. The van der Waals surface area contributed by atoms with Gasteiger partial charge in [-0.2, -0.15) is 0 Å². The predicted octanol–water partition coefficient (Wildman–Crippen LogP) is 0.744. The van der Waals surface area contributed by atoms with Crippen molar-refractivity contribution in [3.05, 3.63) is 23.8 Å². The highest BCUT2D eigenvalue weighted by molar-refractivity contribution is 5.45. The van der Waals surface area contributed by atoms with Crippen LogP contribution in [-0.4, -0.2) is 49.6 Å². The molecule has 0 aliphatic carbocycles. The van der Waals surface area contributed by atoms with Crippen molar-refractivity contribution >= 4 is 0 Å². The fourth-order valence-electron chi connectivity index (χ4n) is 2.80. The van der Waals surface area contributed by atoms with Crippen LogP contribution in [0, 0.1) is 0 Å². The molecule has 1 fully saturated rings. The molecule has 2 heterocycles. The Morgan fingerprint density at radius 1 is 1.21 bits per heavy atom. The van der Waals surface area contributed by atoms with E-state index in [2.05, 4.69) is 16.3 Å². The molecule has 2 aliphatic heterocycles. The lowest BCUT2D eigenvalue weighted by Crippen LogP contribution is -2.45. The zero-order chi connectivity index (χ0) is 13.1. The van der Waals surface area contributed by atoms with E-state index in [0.29, 0.717) is 6.79 Å². The minimum absolute atomic E-state index is 0.197. The molecule has 0 bridgehead atoms. The van der Waals surface area contributed by atoms with Crippen LogP contribution in [0.4, 0.5) is 0 Å². The summed E-state index contributed by atoms with van der Waals surface area (Å²) in [5.41, 5.74) is 1.19. The first-order chi connectivity index (χ1) is 9.38. The maximum absolute atomic E-state index is 9.32. The number of fused-ring (bicyclic) bond motifs is 1. The Labute approximate surface area is 113 Å². The standard InChI is InChI=1S/C14H20N2O3/c17-8-3-12(16-6-4-15-5-7-16)11-1-2-13-14(9-11)19-10-18-13/h1-2,9,12,15,17H,3-8,10H2/t12-/m0/s1. The van der Waals surface area contributed by atoms with Gasteiger partial charge in [0.1, 0.15) is 0 Å². The van der Waals surface area contributed by atoms with E-state index in [-0.39, 0.29) is 12.6 Å². The third-order valence-corrected chi connectivity index (χ3v) is 3.78. The number of aliphatic hydroxyl groups excluding tert-OH is 1. The summed E-state index contributed by atoms with van der Waals surface area (Å²) in [6.45, 7) is 4.54. The van der Waals surface area contributed by atoms with Gasteiger partial charge in [0, 0.05) is 38.8 Å². The topological polar surface area (TPSA) is 54.0 Å². The Morgan fingerprint density at radius 3 is 2.79 bits per heavy atom. The Kier molecular flexibility index (Phi) is 3.87. The molecule has 3 rings (SSSR count). The van der Waals surface area contributed by atoms with Gasteiger partial charge in [-0.1, -0.05) is 6.07 Å². The number of hydrogen-bond acceptors (Lipinski definition) is 5. The minimum atomic E-state index is 0.197. The Balaban J connectivity index is 1.82. The summed E-state index contributed by atoms with van der Waals surface area (Å²) in [6.07, 6.45) is 0.750. The number of hydrogen-bond donors (Lipinski definition) is 2. The average Bonchev–Trinajstić information content (AvgIpc) is 2.93. The highest BCUT2D eigenvalue weighted by Gasteiger charge is 2.24. The molecular formula is C14H20N2O3. The van der Waals surface area contributed by atoms with Crippen molar-refractivity contribution in [2.24, 2.45) is 0 Å². The summed E-state index contributed by atoms with van der Waals surface area (Å²) in [7, 11) is 0. The van der Waals surface area contributed by atoms with Gasteiger partial charge in [0.25, 0.3) is 0 Å². The average molecular weight is 264 g/mol. The lowest BCUT2D eigenvalue weighted by molar-refractivity contribution is 0.141. The van der Waals surface area contributed by atoms with Crippen LogP contribution < -0.4 is 14.8 Å². The van der Waals surface area contributed by atoms with E-state index in [1.165, 1.54) is 5.56 Å². The van der Waals surface area contributed by atoms with E-state index in [0.717, 1.165) is 44.1 Å². The second-order valence-corrected chi connectivity index (χ2v) is 4.93. The zero-order valence-corrected chi connectivity index (χ0v) is 11.0. The molecule has 0 spiro atoms. The van der Waals surface area contributed by atoms with E-state index in [1.54, 1.807) is 0 Å². The van der Waals surface area contributed by atoms with Crippen LogP contribution >= 0.6 is 0 Å². The van der Waals surface area contributed by atoms with Gasteiger partial charge in [0.2, 0.25) is 6.79 Å². The van der Waals surface area contributed by atoms with Crippen LogP contribution in [0.15, 0.2) is 18.2 Å².